The molecule has 1 aromatic carbocycles. The summed E-state index contributed by atoms with van der Waals surface area (Å²) in [5.41, 5.74) is 2.34. The number of nitrogens with one attached hydrogen (secondary N) is 3. The molecule has 2 amide bonds. The first-order valence-corrected chi connectivity index (χ1v) is 14.2. The average molecular weight is 595 g/mol. The number of aromatic amines is 1. The van der Waals surface area contributed by atoms with Gasteiger partial charge in [-0.25, -0.2) is 18.4 Å². The van der Waals surface area contributed by atoms with Crippen molar-refractivity contribution in [2.75, 3.05) is 0 Å². The molecule has 0 unspecified atom stereocenters. The number of hydrogen-bond acceptors (Lipinski definition) is 6. The fourth-order valence-corrected chi connectivity index (χ4v) is 6.32. The van der Waals surface area contributed by atoms with Crippen molar-refractivity contribution in [1.29, 1.82) is 0 Å². The molecular formula is C28H31F5N6O3. The van der Waals surface area contributed by atoms with Gasteiger partial charge in [-0.3, -0.25) is 9.59 Å². The Morgan fingerprint density at radius 2 is 1.81 bits per heavy atom. The minimum Gasteiger partial charge on any atom is -0.349 e. The van der Waals surface area contributed by atoms with Crippen molar-refractivity contribution in [3.05, 3.63) is 41.0 Å². The molecule has 9 nitrogen and oxygen atoms in total. The highest BCUT2D eigenvalue weighted by Crippen LogP contribution is 2.47. The molecule has 0 aliphatic heterocycles. The van der Waals surface area contributed by atoms with Crippen molar-refractivity contribution >= 4 is 22.8 Å². The Labute approximate surface area is 237 Å². The van der Waals surface area contributed by atoms with E-state index in [-0.39, 0.29) is 73.2 Å². The standard InChI is InChI=1S/C28H31F5N6O3/c1-13-22(39-42-38-13)26(41)37-24(18-6-14(7-18)12-28(31,32)33)25-34-19-5-4-17(9-20(19)35-25)23(16-2-3-16)36-21(40)8-15-10-27(29,30)11-15/h4-5,9,14-16,18,23-24H,2-3,6-8,10-12H2,1H3,(H,34,35)(H,36,40)(H,37,41)/t14?,18?,23-,24+/m1/s1. The number of nitrogens with zero attached hydrogens (tertiary/aromatic N) is 3. The van der Waals surface area contributed by atoms with Crippen LogP contribution in [0.2, 0.25) is 0 Å². The molecule has 2 aromatic heterocycles. The van der Waals surface area contributed by atoms with Crippen LogP contribution in [0.5, 0.6) is 0 Å². The average Bonchev–Trinajstić information content (AvgIpc) is 3.47. The van der Waals surface area contributed by atoms with Crippen molar-refractivity contribution < 1.29 is 36.2 Å². The topological polar surface area (TPSA) is 126 Å². The lowest BCUT2D eigenvalue weighted by Crippen LogP contribution is -2.41. The normalized spacial score (nSPS) is 23.6. The fraction of sp³-hybridized carbons (Fsp3) is 0.607. The molecule has 0 bridgehead atoms. The van der Waals surface area contributed by atoms with Crippen LogP contribution in [0.1, 0.15) is 91.0 Å². The van der Waals surface area contributed by atoms with Crippen molar-refractivity contribution in [2.45, 2.75) is 82.5 Å². The van der Waals surface area contributed by atoms with Gasteiger partial charge in [0.05, 0.1) is 23.1 Å². The van der Waals surface area contributed by atoms with Gasteiger partial charge < -0.3 is 15.6 Å². The summed E-state index contributed by atoms with van der Waals surface area (Å²) in [6.45, 7) is 1.56. The minimum absolute atomic E-state index is 0.0156. The molecule has 6 rings (SSSR count). The van der Waals surface area contributed by atoms with Gasteiger partial charge in [0.2, 0.25) is 11.8 Å². The molecule has 0 saturated heterocycles. The number of fused-ring (bicyclic) bond motifs is 1. The number of aromatic nitrogens is 4. The van der Waals surface area contributed by atoms with Gasteiger partial charge in [0, 0.05) is 25.7 Å². The number of alkyl halides is 5. The zero-order chi connectivity index (χ0) is 29.8. The Morgan fingerprint density at radius 3 is 2.43 bits per heavy atom. The predicted molar refractivity (Wildman–Crippen MR) is 138 cm³/mol. The molecular weight excluding hydrogens is 563 g/mol. The Bertz CT molecular complexity index is 1470. The third kappa shape index (κ3) is 6.26. The number of halogens is 5. The maximum atomic E-state index is 13.2. The Hall–Kier alpha value is -3.58. The summed E-state index contributed by atoms with van der Waals surface area (Å²) in [5, 5.41) is 13.2. The SMILES string of the molecule is Cc1nonc1C(=O)N[C@H](c1nc2ccc([C@H](NC(=O)CC3CC(F)(F)C3)C3CC3)cc2[nH]1)C1CC(CC(F)(F)F)C1. The summed E-state index contributed by atoms with van der Waals surface area (Å²) in [6.07, 6.45) is -3.19. The third-order valence-electron chi connectivity index (χ3n) is 8.65. The Kier molecular flexibility index (Phi) is 7.20. The minimum atomic E-state index is -4.26. The third-order valence-corrected chi connectivity index (χ3v) is 8.65. The van der Waals surface area contributed by atoms with E-state index in [4.69, 9.17) is 0 Å². The molecule has 3 N–H and O–H groups in total. The van der Waals surface area contributed by atoms with Gasteiger partial charge in [-0.05, 0) is 79.1 Å². The maximum Gasteiger partial charge on any atom is 0.389 e. The first-order chi connectivity index (χ1) is 19.8. The Balaban J connectivity index is 1.20. The lowest BCUT2D eigenvalue weighted by molar-refractivity contribution is -0.154. The smallest absolute Gasteiger partial charge is 0.349 e. The van der Waals surface area contributed by atoms with Crippen molar-refractivity contribution in [2.24, 2.45) is 23.7 Å². The maximum absolute atomic E-state index is 13.2. The number of imidazole rings is 1. The van der Waals surface area contributed by atoms with Crippen LogP contribution in [-0.4, -0.2) is 44.2 Å². The highest BCUT2D eigenvalue weighted by Gasteiger charge is 2.46. The summed E-state index contributed by atoms with van der Waals surface area (Å²) >= 11 is 0. The molecule has 0 radical (unpaired) electrons. The van der Waals surface area contributed by atoms with Crippen LogP contribution in [0, 0.1) is 30.6 Å². The molecule has 42 heavy (non-hydrogen) atoms. The number of rotatable bonds is 10. The number of aryl methyl sites for hydroxylation is 1. The molecule has 3 aliphatic carbocycles. The van der Waals surface area contributed by atoms with Gasteiger partial charge in [-0.2, -0.15) is 13.2 Å². The zero-order valence-corrected chi connectivity index (χ0v) is 22.8. The van der Waals surface area contributed by atoms with Gasteiger partial charge in [-0.15, -0.1) is 0 Å². The Morgan fingerprint density at radius 1 is 1.07 bits per heavy atom. The molecule has 226 valence electrons. The molecule has 0 spiro atoms. The van der Waals surface area contributed by atoms with E-state index < -0.39 is 36.4 Å². The summed E-state index contributed by atoms with van der Waals surface area (Å²) in [6, 6.07) is 4.53. The van der Waals surface area contributed by atoms with Crippen LogP contribution in [0.4, 0.5) is 22.0 Å². The molecule has 3 aromatic rings. The zero-order valence-electron chi connectivity index (χ0n) is 22.8. The summed E-state index contributed by atoms with van der Waals surface area (Å²) in [7, 11) is 0. The van der Waals surface area contributed by atoms with Gasteiger partial charge in [0.1, 0.15) is 11.5 Å². The van der Waals surface area contributed by atoms with Crippen molar-refractivity contribution in [1.82, 2.24) is 30.9 Å². The molecule has 14 heteroatoms. The summed E-state index contributed by atoms with van der Waals surface area (Å²) < 4.78 is 69.9. The van der Waals surface area contributed by atoms with Crippen LogP contribution in [0.25, 0.3) is 11.0 Å². The van der Waals surface area contributed by atoms with E-state index in [1.807, 2.05) is 12.1 Å². The van der Waals surface area contributed by atoms with E-state index in [2.05, 4.69) is 35.5 Å². The molecule has 3 aliphatic rings. The molecule has 2 heterocycles. The van der Waals surface area contributed by atoms with Gasteiger partial charge >= 0.3 is 6.18 Å². The van der Waals surface area contributed by atoms with Gasteiger partial charge in [-0.1, -0.05) is 11.2 Å². The first-order valence-electron chi connectivity index (χ1n) is 14.2. The quantitative estimate of drug-likeness (QED) is 0.258. The number of amides is 2. The van der Waals surface area contributed by atoms with Crippen molar-refractivity contribution in [3.8, 4) is 0 Å². The summed E-state index contributed by atoms with van der Waals surface area (Å²) in [4.78, 5) is 33.5. The predicted octanol–water partition coefficient (Wildman–Crippen LogP) is 5.71. The monoisotopic (exact) mass is 594 g/mol. The van der Waals surface area contributed by atoms with Gasteiger partial charge in [0.15, 0.2) is 5.69 Å². The van der Waals surface area contributed by atoms with E-state index in [0.29, 0.717) is 16.9 Å². The lowest BCUT2D eigenvalue weighted by Gasteiger charge is -2.40. The molecule has 3 saturated carbocycles. The second-order valence-electron chi connectivity index (χ2n) is 12.2. The second kappa shape index (κ2) is 10.6. The highest BCUT2D eigenvalue weighted by molar-refractivity contribution is 5.93. The van der Waals surface area contributed by atoms with Crippen LogP contribution < -0.4 is 10.6 Å². The highest BCUT2D eigenvalue weighted by atomic mass is 19.4. The van der Waals surface area contributed by atoms with Crippen LogP contribution in [0.3, 0.4) is 0 Å². The first kappa shape index (κ1) is 28.5. The van der Waals surface area contributed by atoms with E-state index in [1.54, 1.807) is 13.0 Å². The second-order valence-corrected chi connectivity index (χ2v) is 12.2. The van der Waals surface area contributed by atoms with E-state index in [0.717, 1.165) is 18.4 Å². The number of carbonyl (C=O) groups is 2. The molecule has 2 atom stereocenters. The molecule has 3 fully saturated rings. The van der Waals surface area contributed by atoms with E-state index >= 15 is 0 Å². The number of benzene rings is 1. The van der Waals surface area contributed by atoms with Gasteiger partial charge in [0.25, 0.3) is 5.91 Å². The fourth-order valence-electron chi connectivity index (χ4n) is 6.32. The van der Waals surface area contributed by atoms with E-state index in [9.17, 15) is 31.5 Å². The number of H-pyrrole nitrogens is 1. The lowest BCUT2D eigenvalue weighted by atomic mass is 9.69. The van der Waals surface area contributed by atoms with E-state index in [1.165, 1.54) is 0 Å². The number of hydrogen-bond donors (Lipinski definition) is 3. The largest absolute Gasteiger partial charge is 0.389 e. The summed E-state index contributed by atoms with van der Waals surface area (Å²) in [5.74, 6) is -3.99. The van der Waals surface area contributed by atoms with Crippen LogP contribution in [-0.2, 0) is 4.79 Å². The number of carbonyl (C=O) groups excluding carboxylic acids is 2. The van der Waals surface area contributed by atoms with Crippen LogP contribution >= 0.6 is 0 Å². The van der Waals surface area contributed by atoms with Crippen LogP contribution in [0.15, 0.2) is 22.8 Å². The van der Waals surface area contributed by atoms with Crippen molar-refractivity contribution in [3.63, 3.8) is 0 Å².